The van der Waals surface area contributed by atoms with E-state index in [9.17, 15) is 4.79 Å². The molecule has 5 aromatic carbocycles. The summed E-state index contributed by atoms with van der Waals surface area (Å²) < 4.78 is 0. The monoisotopic (exact) mass is 672 g/mol. The van der Waals surface area contributed by atoms with Crippen molar-refractivity contribution in [3.8, 4) is 0 Å². The third kappa shape index (κ3) is 1.80. The first-order chi connectivity index (χ1) is 26.2. The predicted octanol–water partition coefficient (Wildman–Crippen LogP) is 7.98. The molecule has 0 N–H and O–H groups in total. The quantitative estimate of drug-likeness (QED) is 0.173. The van der Waals surface area contributed by atoms with Gasteiger partial charge in [-0.1, -0.05) is 91.1 Å². The van der Waals surface area contributed by atoms with Crippen molar-refractivity contribution in [2.24, 2.45) is 46.8 Å². The van der Waals surface area contributed by atoms with Crippen LogP contribution in [0.15, 0.2) is 102 Å². The second-order valence-corrected chi connectivity index (χ2v) is 19.4. The fourth-order valence-electron chi connectivity index (χ4n) is 18.4. The summed E-state index contributed by atoms with van der Waals surface area (Å²) in [4.78, 5) is 12.8. The zero-order valence-electron chi connectivity index (χ0n) is 29.3. The largest absolute Gasteiger partial charge is 0.300 e. The number of hydrogen-bond donors (Lipinski definition) is 0. The summed E-state index contributed by atoms with van der Waals surface area (Å²) in [5, 5.41) is 14.7. The van der Waals surface area contributed by atoms with Gasteiger partial charge in [0.2, 0.25) is 0 Å². The average Bonchev–Trinajstić information content (AvgIpc) is 3.83. The fraction of sp³-hybridized carbons (Fsp3) is 0.288. The molecule has 13 aliphatic carbocycles. The molecule has 3 fully saturated rings. The van der Waals surface area contributed by atoms with Crippen LogP contribution in [0.4, 0.5) is 0 Å². The Labute approximate surface area is 305 Å². The third-order valence-electron chi connectivity index (χ3n) is 18.8. The zero-order valence-corrected chi connectivity index (χ0v) is 29.3. The normalized spacial score (nSPS) is 41.3. The van der Waals surface area contributed by atoms with Gasteiger partial charge in [0, 0.05) is 34.5 Å². The minimum atomic E-state index is -0.172. The van der Waals surface area contributed by atoms with E-state index in [-0.39, 0.29) is 16.2 Å². The van der Waals surface area contributed by atoms with E-state index in [1.807, 2.05) is 11.1 Å². The number of carbonyl (C=O) groups excluding carboxylic acids is 1. The van der Waals surface area contributed by atoms with Crippen molar-refractivity contribution in [1.29, 1.82) is 0 Å². The van der Waals surface area contributed by atoms with E-state index in [0.717, 1.165) is 12.8 Å². The van der Waals surface area contributed by atoms with Gasteiger partial charge in [-0.25, -0.2) is 0 Å². The van der Waals surface area contributed by atoms with Crippen LogP contribution in [0.3, 0.4) is 0 Å². The molecule has 0 amide bonds. The lowest BCUT2D eigenvalue weighted by Crippen LogP contribution is -2.44. The highest BCUT2D eigenvalue weighted by molar-refractivity contribution is 6.36. The van der Waals surface area contributed by atoms with Gasteiger partial charge >= 0.3 is 0 Å². The molecule has 5 aromatic rings. The van der Waals surface area contributed by atoms with Gasteiger partial charge in [0.15, 0.2) is 0 Å². The van der Waals surface area contributed by atoms with E-state index in [1.165, 1.54) is 16.2 Å². The Morgan fingerprint density at radius 1 is 0.698 bits per heavy atom. The van der Waals surface area contributed by atoms with E-state index < -0.39 is 0 Å². The van der Waals surface area contributed by atoms with Gasteiger partial charge in [0.25, 0.3) is 0 Å². The zero-order chi connectivity index (χ0) is 33.5. The minimum Gasteiger partial charge on any atom is -0.300 e. The molecular weight excluding hydrogens is 641 g/mol. The van der Waals surface area contributed by atoms with Gasteiger partial charge < -0.3 is 4.79 Å². The van der Waals surface area contributed by atoms with Crippen LogP contribution in [-0.2, 0) is 15.6 Å². The second kappa shape index (κ2) is 6.79. The van der Waals surface area contributed by atoms with Crippen LogP contribution in [0.25, 0.3) is 60.7 Å². The molecule has 18 rings (SSSR count). The van der Waals surface area contributed by atoms with Crippen molar-refractivity contribution in [3.63, 3.8) is 0 Å². The van der Waals surface area contributed by atoms with Gasteiger partial charge in [0.1, 0.15) is 5.78 Å². The number of allylic oxidation sites excluding steroid dienone is 11. The molecule has 0 saturated heterocycles. The molecule has 1 heteroatoms. The van der Waals surface area contributed by atoms with E-state index in [2.05, 4.69) is 91.1 Å². The van der Waals surface area contributed by atoms with E-state index in [0.29, 0.717) is 59.5 Å². The van der Waals surface area contributed by atoms with Gasteiger partial charge in [-0.05, 0) is 170 Å². The summed E-state index contributed by atoms with van der Waals surface area (Å²) in [5.74, 6) is 4.87. The topological polar surface area (TPSA) is 17.1 Å². The van der Waals surface area contributed by atoms with Crippen molar-refractivity contribution < 1.29 is 4.79 Å². The van der Waals surface area contributed by atoms with E-state index in [1.54, 1.807) is 94.4 Å². The molecule has 0 aliphatic heterocycles. The molecule has 0 heterocycles. The number of carbonyl (C=O) groups is 1. The number of rotatable bonds is 5. The summed E-state index contributed by atoms with van der Waals surface area (Å²) >= 11 is 0. The van der Waals surface area contributed by atoms with Gasteiger partial charge in [0.05, 0.1) is 0 Å². The molecule has 2 spiro atoms. The van der Waals surface area contributed by atoms with Crippen LogP contribution in [0.2, 0.25) is 0 Å². The number of ketones is 1. The van der Waals surface area contributed by atoms with Crippen LogP contribution in [0, 0.1) is 46.8 Å². The standard InChI is InChI=1S/C52H32O/c1-20(53)6-5-19-50(21-7-3-2-4-8-21)51-30-17-18-31-29-16-14-27-25-12-10-23-22-9-11-24-26-13-15-28(30)38-36(26)41-34(24)32(22)40-33(23)35(25)42-37(27)39(29)49(52(31,50)51)47-45(42)43(40)44(41)46(47)48(38)51/h2-4,7-18,22-24,26,32-34,36H,5-6,19H2,1H3. The van der Waals surface area contributed by atoms with Crippen molar-refractivity contribution in [2.75, 3.05) is 0 Å². The molecule has 3 saturated carbocycles. The SMILES string of the molecule is CC(=O)CCCC1(c2ccccc2)C23C4=C5C=CC6C7C5=C2c2c5c8c9c2c2c%10c(ccc%11c%12c(c9c%11%10)C9C=8C8C(C=CC6C8C=57)C9C=C%12)=C(C=C4)C231. The highest BCUT2D eigenvalue weighted by Gasteiger charge is 2.94. The number of hydrogen-bond acceptors (Lipinski definition) is 1. The molecule has 0 bridgehead atoms. The molecule has 0 radical (unpaired) electrons. The number of Topliss-reactive ketones (excluding diaryl/α,β-unsaturated/α-hetero) is 1. The first-order valence-electron chi connectivity index (χ1n) is 20.6. The van der Waals surface area contributed by atoms with Crippen molar-refractivity contribution >= 4 is 66.5 Å². The smallest absolute Gasteiger partial charge is 0.129 e. The summed E-state index contributed by atoms with van der Waals surface area (Å²) in [7, 11) is 0. The van der Waals surface area contributed by atoms with Crippen molar-refractivity contribution in [3.05, 3.63) is 145 Å². The van der Waals surface area contributed by atoms with Gasteiger partial charge in [-0.15, -0.1) is 0 Å². The Bertz CT molecular complexity index is 3390. The maximum Gasteiger partial charge on any atom is 0.129 e. The third-order valence-corrected chi connectivity index (χ3v) is 18.8. The Hall–Kier alpha value is -5.01. The summed E-state index contributed by atoms with van der Waals surface area (Å²) in [6, 6.07) is 16.9. The Balaban J connectivity index is 1.18. The lowest BCUT2D eigenvalue weighted by Gasteiger charge is -2.39. The number of benzene rings is 3. The molecule has 0 aromatic heterocycles. The summed E-state index contributed by atoms with van der Waals surface area (Å²) in [6.45, 7) is 1.80. The maximum atomic E-state index is 12.8. The minimum absolute atomic E-state index is 0.156. The first kappa shape index (κ1) is 25.1. The molecule has 246 valence electrons. The fourth-order valence-corrected chi connectivity index (χ4v) is 18.4. The second-order valence-electron chi connectivity index (χ2n) is 19.4. The lowest BCUT2D eigenvalue weighted by molar-refractivity contribution is -0.117. The molecule has 1 nitrogen and oxygen atoms in total. The highest BCUT2D eigenvalue weighted by Crippen LogP contribution is 2.96. The summed E-state index contributed by atoms with van der Waals surface area (Å²) in [5.41, 5.74) is 19.6. The van der Waals surface area contributed by atoms with Crippen molar-refractivity contribution in [2.45, 2.75) is 42.9 Å². The first-order valence-corrected chi connectivity index (χ1v) is 20.6. The lowest BCUT2D eigenvalue weighted by atomic mass is 9.63. The predicted molar refractivity (Wildman–Crippen MR) is 209 cm³/mol. The summed E-state index contributed by atoms with van der Waals surface area (Å²) in [6.07, 6.45) is 23.9. The highest BCUT2D eigenvalue weighted by atomic mass is 16.1. The van der Waals surface area contributed by atoms with Gasteiger partial charge in [-0.3, -0.25) is 0 Å². The molecule has 11 atom stereocenters. The Morgan fingerprint density at radius 3 is 2.34 bits per heavy atom. The molecule has 11 unspecified atom stereocenters. The Morgan fingerprint density at radius 2 is 1.49 bits per heavy atom. The Kier molecular flexibility index (Phi) is 3.21. The van der Waals surface area contributed by atoms with E-state index in [4.69, 9.17) is 0 Å². The van der Waals surface area contributed by atoms with E-state index >= 15 is 0 Å². The molecule has 13 aliphatic rings. The van der Waals surface area contributed by atoms with Crippen LogP contribution in [0.5, 0.6) is 0 Å². The average molecular weight is 673 g/mol. The van der Waals surface area contributed by atoms with Crippen molar-refractivity contribution in [1.82, 2.24) is 0 Å². The van der Waals surface area contributed by atoms with Crippen LogP contribution >= 0.6 is 0 Å². The van der Waals surface area contributed by atoms with Crippen LogP contribution in [0.1, 0.15) is 59.9 Å². The molecular formula is C52H32O. The molecule has 53 heavy (non-hydrogen) atoms. The van der Waals surface area contributed by atoms with Crippen LogP contribution in [-0.4, -0.2) is 5.78 Å². The maximum absolute atomic E-state index is 12.8. The van der Waals surface area contributed by atoms with Gasteiger partial charge in [-0.2, -0.15) is 0 Å². The van der Waals surface area contributed by atoms with Crippen LogP contribution < -0.4 is 15.7 Å². The number of fused-ring (bicyclic) bond motifs is 3.